The van der Waals surface area contributed by atoms with E-state index in [1.165, 1.54) is 12.1 Å². The number of aliphatic carboxylic acids is 1. The van der Waals surface area contributed by atoms with E-state index in [1.54, 1.807) is 4.90 Å². The Morgan fingerprint density at radius 3 is 2.65 bits per heavy atom. The summed E-state index contributed by atoms with van der Waals surface area (Å²) in [5.41, 5.74) is 0.333. The molecule has 1 aromatic carbocycles. The van der Waals surface area contributed by atoms with Crippen molar-refractivity contribution in [2.75, 3.05) is 6.54 Å². The zero-order valence-corrected chi connectivity index (χ0v) is 9.20. The Balaban J connectivity index is 2.08. The van der Waals surface area contributed by atoms with Gasteiger partial charge in [0.05, 0.1) is 6.54 Å². The number of carbonyl (C=O) groups is 1. The Kier molecular flexibility index (Phi) is 3.38. The van der Waals surface area contributed by atoms with Crippen molar-refractivity contribution >= 4 is 5.97 Å². The molecule has 0 amide bonds. The van der Waals surface area contributed by atoms with Gasteiger partial charge in [0.1, 0.15) is 11.6 Å². The van der Waals surface area contributed by atoms with Crippen LogP contribution in [0.15, 0.2) is 18.2 Å². The van der Waals surface area contributed by atoms with Crippen LogP contribution in [-0.4, -0.2) is 28.6 Å². The first-order valence-electron chi connectivity index (χ1n) is 5.46. The molecule has 0 aliphatic heterocycles. The molecule has 1 aliphatic carbocycles. The summed E-state index contributed by atoms with van der Waals surface area (Å²) in [4.78, 5) is 12.4. The molecule has 92 valence electrons. The lowest BCUT2D eigenvalue weighted by Gasteiger charge is -2.19. The maximum atomic E-state index is 13.4. The van der Waals surface area contributed by atoms with E-state index in [1.807, 2.05) is 0 Å². The van der Waals surface area contributed by atoms with Crippen LogP contribution in [0.5, 0.6) is 0 Å². The largest absolute Gasteiger partial charge is 0.480 e. The minimum atomic E-state index is -0.931. The van der Waals surface area contributed by atoms with Crippen molar-refractivity contribution in [3.63, 3.8) is 0 Å². The molecule has 0 spiro atoms. The van der Waals surface area contributed by atoms with Gasteiger partial charge in [-0.2, -0.15) is 0 Å². The molecule has 0 unspecified atom stereocenters. The van der Waals surface area contributed by atoms with Crippen LogP contribution in [0.1, 0.15) is 18.4 Å². The predicted molar refractivity (Wildman–Crippen MR) is 57.4 cm³/mol. The van der Waals surface area contributed by atoms with Crippen LogP contribution in [0.4, 0.5) is 8.78 Å². The molecule has 1 fully saturated rings. The lowest BCUT2D eigenvalue weighted by Crippen LogP contribution is -2.31. The van der Waals surface area contributed by atoms with Crippen molar-refractivity contribution in [3.8, 4) is 0 Å². The molecule has 0 heterocycles. The molecular formula is C12H13F2NO2. The first-order chi connectivity index (χ1) is 8.06. The van der Waals surface area contributed by atoms with Gasteiger partial charge in [-0.15, -0.1) is 0 Å². The van der Waals surface area contributed by atoms with E-state index in [4.69, 9.17) is 5.11 Å². The zero-order chi connectivity index (χ0) is 12.4. The van der Waals surface area contributed by atoms with Gasteiger partial charge in [0, 0.05) is 24.2 Å². The molecule has 0 bridgehead atoms. The summed E-state index contributed by atoms with van der Waals surface area (Å²) in [6, 6.07) is 3.59. The summed E-state index contributed by atoms with van der Waals surface area (Å²) in [6.07, 6.45) is 1.88. The summed E-state index contributed by atoms with van der Waals surface area (Å²) in [7, 11) is 0. The predicted octanol–water partition coefficient (Wildman–Crippen LogP) is 2.01. The number of hydrogen-bond acceptors (Lipinski definition) is 2. The Labute approximate surface area is 97.7 Å². The van der Waals surface area contributed by atoms with Crippen molar-refractivity contribution < 1.29 is 18.7 Å². The molecule has 3 nitrogen and oxygen atoms in total. The first-order valence-corrected chi connectivity index (χ1v) is 5.46. The van der Waals surface area contributed by atoms with Gasteiger partial charge >= 0.3 is 5.97 Å². The van der Waals surface area contributed by atoms with Crippen LogP contribution in [-0.2, 0) is 11.3 Å². The fraction of sp³-hybridized carbons (Fsp3) is 0.417. The lowest BCUT2D eigenvalue weighted by molar-refractivity contribution is -0.138. The second kappa shape index (κ2) is 4.79. The molecule has 1 aromatic rings. The number of nitrogens with zero attached hydrogens (tertiary/aromatic N) is 1. The van der Waals surface area contributed by atoms with E-state index in [0.717, 1.165) is 18.9 Å². The van der Waals surface area contributed by atoms with Gasteiger partial charge in [0.25, 0.3) is 0 Å². The highest BCUT2D eigenvalue weighted by Gasteiger charge is 2.30. The standard InChI is InChI=1S/C12H13F2NO2/c13-9-2-1-8(11(14)5-9)6-15(7-12(16)17)10-3-4-10/h1-2,5,10H,3-4,6-7H2,(H,16,17). The summed E-state index contributed by atoms with van der Waals surface area (Å²) in [6.45, 7) is 0.102. The summed E-state index contributed by atoms with van der Waals surface area (Å²) < 4.78 is 26.1. The monoisotopic (exact) mass is 241 g/mol. The van der Waals surface area contributed by atoms with E-state index in [9.17, 15) is 13.6 Å². The molecule has 1 aliphatic rings. The van der Waals surface area contributed by atoms with Crippen LogP contribution < -0.4 is 0 Å². The summed E-state index contributed by atoms with van der Waals surface area (Å²) in [5, 5.41) is 8.76. The van der Waals surface area contributed by atoms with Crippen molar-refractivity contribution in [2.45, 2.75) is 25.4 Å². The maximum Gasteiger partial charge on any atom is 0.317 e. The Morgan fingerprint density at radius 2 is 2.12 bits per heavy atom. The normalized spacial score (nSPS) is 15.2. The highest BCUT2D eigenvalue weighted by Crippen LogP contribution is 2.28. The van der Waals surface area contributed by atoms with E-state index in [0.29, 0.717) is 5.56 Å². The van der Waals surface area contributed by atoms with E-state index < -0.39 is 17.6 Å². The summed E-state index contributed by atoms with van der Waals surface area (Å²) in [5.74, 6) is -2.18. The lowest BCUT2D eigenvalue weighted by atomic mass is 10.2. The third kappa shape index (κ3) is 3.23. The quantitative estimate of drug-likeness (QED) is 0.857. The molecule has 0 radical (unpaired) electrons. The minimum absolute atomic E-state index is 0.110. The number of rotatable bonds is 5. The average Bonchev–Trinajstić information content (AvgIpc) is 3.03. The zero-order valence-electron chi connectivity index (χ0n) is 9.20. The highest BCUT2D eigenvalue weighted by molar-refractivity contribution is 5.69. The van der Waals surface area contributed by atoms with E-state index in [-0.39, 0.29) is 19.1 Å². The maximum absolute atomic E-state index is 13.4. The SMILES string of the molecule is O=C(O)CN(Cc1ccc(F)cc1F)C1CC1. The van der Waals surface area contributed by atoms with Crippen molar-refractivity contribution in [3.05, 3.63) is 35.4 Å². The molecule has 2 rings (SSSR count). The fourth-order valence-corrected chi connectivity index (χ4v) is 1.80. The van der Waals surface area contributed by atoms with Gasteiger partial charge in [-0.1, -0.05) is 6.07 Å². The molecular weight excluding hydrogens is 228 g/mol. The molecule has 0 aromatic heterocycles. The highest BCUT2D eigenvalue weighted by atomic mass is 19.1. The molecule has 1 N–H and O–H groups in total. The Bertz CT molecular complexity index is 433. The molecule has 0 saturated heterocycles. The van der Waals surface area contributed by atoms with Gasteiger partial charge in [-0.3, -0.25) is 9.69 Å². The Morgan fingerprint density at radius 1 is 1.41 bits per heavy atom. The minimum Gasteiger partial charge on any atom is -0.480 e. The third-order valence-electron chi connectivity index (χ3n) is 2.79. The van der Waals surface area contributed by atoms with Gasteiger partial charge in [-0.05, 0) is 18.9 Å². The number of halogens is 2. The van der Waals surface area contributed by atoms with Crippen LogP contribution in [0.25, 0.3) is 0 Å². The van der Waals surface area contributed by atoms with Gasteiger partial charge in [0.2, 0.25) is 0 Å². The molecule has 1 saturated carbocycles. The smallest absolute Gasteiger partial charge is 0.317 e. The van der Waals surface area contributed by atoms with Crippen LogP contribution in [0, 0.1) is 11.6 Å². The average molecular weight is 241 g/mol. The first kappa shape index (κ1) is 12.0. The molecule has 17 heavy (non-hydrogen) atoms. The van der Waals surface area contributed by atoms with Crippen LogP contribution in [0.3, 0.4) is 0 Å². The molecule has 0 atom stereocenters. The number of benzene rings is 1. The van der Waals surface area contributed by atoms with Gasteiger partial charge in [0.15, 0.2) is 0 Å². The molecule has 5 heteroatoms. The number of hydrogen-bond donors (Lipinski definition) is 1. The third-order valence-corrected chi connectivity index (χ3v) is 2.79. The summed E-state index contributed by atoms with van der Waals surface area (Å²) >= 11 is 0. The van der Waals surface area contributed by atoms with E-state index in [2.05, 4.69) is 0 Å². The van der Waals surface area contributed by atoms with Gasteiger partial charge < -0.3 is 5.11 Å². The van der Waals surface area contributed by atoms with Gasteiger partial charge in [-0.25, -0.2) is 8.78 Å². The topological polar surface area (TPSA) is 40.5 Å². The Hall–Kier alpha value is -1.49. The van der Waals surface area contributed by atoms with Crippen molar-refractivity contribution in [1.82, 2.24) is 4.90 Å². The van der Waals surface area contributed by atoms with Crippen LogP contribution in [0.2, 0.25) is 0 Å². The van der Waals surface area contributed by atoms with Crippen LogP contribution >= 0.6 is 0 Å². The number of carboxylic acid groups (broad SMARTS) is 1. The van der Waals surface area contributed by atoms with Crippen molar-refractivity contribution in [1.29, 1.82) is 0 Å². The second-order valence-corrected chi connectivity index (χ2v) is 4.27. The van der Waals surface area contributed by atoms with Crippen molar-refractivity contribution in [2.24, 2.45) is 0 Å². The fourth-order valence-electron chi connectivity index (χ4n) is 1.80. The number of carboxylic acids is 1. The van der Waals surface area contributed by atoms with E-state index >= 15 is 0 Å². The second-order valence-electron chi connectivity index (χ2n) is 4.27.